The number of hydrogen-bond donors (Lipinski definition) is 1. The molecule has 0 saturated heterocycles. The van der Waals surface area contributed by atoms with Crippen LogP contribution < -0.4 is 20.5 Å². The van der Waals surface area contributed by atoms with Crippen molar-refractivity contribution >= 4 is 43.0 Å². The number of aromatic nitrogens is 2. The SMILES string of the molecule is Cn1c2c(c(=O)[nH]c1=O)N(Cc1ccc(Cl)cc1)CN2S(=O)(=O)Cl. The molecule has 0 spiro atoms. The van der Waals surface area contributed by atoms with Crippen LogP contribution in [0.5, 0.6) is 0 Å². The van der Waals surface area contributed by atoms with E-state index in [1.165, 1.54) is 11.9 Å². The van der Waals surface area contributed by atoms with E-state index < -0.39 is 20.5 Å². The molecule has 3 rings (SSSR count). The quantitative estimate of drug-likeness (QED) is 0.788. The monoisotopic (exact) mass is 390 g/mol. The van der Waals surface area contributed by atoms with Gasteiger partial charge in [0.05, 0.1) is 0 Å². The highest BCUT2D eigenvalue weighted by molar-refractivity contribution is 8.14. The predicted octanol–water partition coefficient (Wildman–Crippen LogP) is 0.995. The van der Waals surface area contributed by atoms with Gasteiger partial charge in [-0.1, -0.05) is 23.7 Å². The number of halogens is 2. The zero-order valence-electron chi connectivity index (χ0n) is 12.4. The lowest BCUT2D eigenvalue weighted by Gasteiger charge is -2.18. The summed E-state index contributed by atoms with van der Waals surface area (Å²) in [6.07, 6.45) is 0. The second kappa shape index (κ2) is 5.83. The summed E-state index contributed by atoms with van der Waals surface area (Å²) in [5.41, 5.74) is -0.522. The molecule has 24 heavy (non-hydrogen) atoms. The van der Waals surface area contributed by atoms with Crippen LogP contribution in [0.1, 0.15) is 5.56 Å². The van der Waals surface area contributed by atoms with Crippen molar-refractivity contribution in [3.05, 3.63) is 55.7 Å². The maximum atomic E-state index is 12.2. The first kappa shape index (κ1) is 16.9. The van der Waals surface area contributed by atoms with E-state index in [9.17, 15) is 18.0 Å². The Labute approximate surface area is 146 Å². The first-order valence-corrected chi connectivity index (χ1v) is 9.38. The Bertz CT molecular complexity index is 1010. The zero-order chi connectivity index (χ0) is 17.6. The van der Waals surface area contributed by atoms with Gasteiger partial charge in [-0.25, -0.2) is 9.10 Å². The number of rotatable bonds is 3. The molecule has 1 aliphatic heterocycles. The van der Waals surface area contributed by atoms with Crippen LogP contribution in [0.3, 0.4) is 0 Å². The van der Waals surface area contributed by atoms with Crippen LogP contribution in [0.25, 0.3) is 0 Å². The summed E-state index contributed by atoms with van der Waals surface area (Å²) in [5, 5.41) is 0.561. The molecule has 2 aromatic rings. The molecule has 0 radical (unpaired) electrons. The first-order valence-electron chi connectivity index (χ1n) is 6.73. The molecule has 128 valence electrons. The van der Waals surface area contributed by atoms with E-state index >= 15 is 0 Å². The molecule has 2 heterocycles. The molecular weight excluding hydrogens is 379 g/mol. The van der Waals surface area contributed by atoms with Gasteiger partial charge in [0.2, 0.25) is 0 Å². The van der Waals surface area contributed by atoms with E-state index in [4.69, 9.17) is 22.3 Å². The Morgan fingerprint density at radius 3 is 2.42 bits per heavy atom. The van der Waals surface area contributed by atoms with Gasteiger partial charge in [0.15, 0.2) is 5.82 Å². The standard InChI is InChI=1S/C13H12Cl2N4O4S/c1-17-12-10(11(20)16-13(17)21)18(7-19(12)24(15,22)23)6-8-2-4-9(14)5-3-8/h2-5H,6-7H2,1H3,(H,16,20,21). The van der Waals surface area contributed by atoms with Crippen molar-refractivity contribution in [2.75, 3.05) is 15.9 Å². The van der Waals surface area contributed by atoms with Crippen molar-refractivity contribution in [2.24, 2.45) is 7.05 Å². The van der Waals surface area contributed by atoms with Gasteiger partial charge >= 0.3 is 14.9 Å². The number of anilines is 2. The highest BCUT2D eigenvalue weighted by Crippen LogP contribution is 2.35. The molecule has 0 unspecified atom stereocenters. The molecule has 0 bridgehead atoms. The van der Waals surface area contributed by atoms with Gasteiger partial charge in [-0.05, 0) is 17.7 Å². The molecule has 0 aliphatic carbocycles. The van der Waals surface area contributed by atoms with E-state index in [2.05, 4.69) is 4.98 Å². The fraction of sp³-hybridized carbons (Fsp3) is 0.231. The van der Waals surface area contributed by atoms with Crippen molar-refractivity contribution in [3.8, 4) is 0 Å². The van der Waals surface area contributed by atoms with Gasteiger partial charge in [0.1, 0.15) is 12.4 Å². The summed E-state index contributed by atoms with van der Waals surface area (Å²) < 4.78 is 25.5. The summed E-state index contributed by atoms with van der Waals surface area (Å²) >= 11 is 5.84. The molecule has 0 fully saturated rings. The van der Waals surface area contributed by atoms with E-state index in [1.807, 2.05) is 0 Å². The van der Waals surface area contributed by atoms with Crippen molar-refractivity contribution in [1.29, 1.82) is 0 Å². The molecule has 1 aromatic carbocycles. The summed E-state index contributed by atoms with van der Waals surface area (Å²) in [5.74, 6) is -0.0623. The normalized spacial score (nSPS) is 14.1. The smallest absolute Gasteiger partial charge is 0.329 e. The van der Waals surface area contributed by atoms with E-state index in [0.717, 1.165) is 14.4 Å². The minimum Gasteiger partial charge on any atom is -0.341 e. The van der Waals surface area contributed by atoms with Crippen molar-refractivity contribution in [1.82, 2.24) is 9.55 Å². The van der Waals surface area contributed by atoms with Gasteiger partial charge in [-0.2, -0.15) is 8.42 Å². The first-order chi connectivity index (χ1) is 11.2. The number of aromatic amines is 1. The average molecular weight is 391 g/mol. The molecule has 1 aromatic heterocycles. The zero-order valence-corrected chi connectivity index (χ0v) is 14.7. The topological polar surface area (TPSA) is 95.5 Å². The van der Waals surface area contributed by atoms with E-state index in [0.29, 0.717) is 5.02 Å². The second-order valence-electron chi connectivity index (χ2n) is 5.25. The van der Waals surface area contributed by atoms with Crippen molar-refractivity contribution < 1.29 is 8.42 Å². The van der Waals surface area contributed by atoms with Gasteiger partial charge in [0.25, 0.3) is 5.56 Å². The molecule has 11 heteroatoms. The van der Waals surface area contributed by atoms with Crippen LogP contribution in [0.2, 0.25) is 5.02 Å². The number of nitrogens with one attached hydrogen (secondary N) is 1. The van der Waals surface area contributed by atoms with Crippen LogP contribution in [0.15, 0.2) is 33.9 Å². The predicted molar refractivity (Wildman–Crippen MR) is 92.1 cm³/mol. The molecular formula is C13H12Cl2N4O4S. The maximum Gasteiger partial charge on any atom is 0.329 e. The Morgan fingerprint density at radius 2 is 1.83 bits per heavy atom. The van der Waals surface area contributed by atoms with Crippen LogP contribution >= 0.6 is 22.3 Å². The summed E-state index contributed by atoms with van der Waals surface area (Å²) in [6, 6.07) is 6.90. The number of fused-ring (bicyclic) bond motifs is 1. The lowest BCUT2D eigenvalue weighted by Crippen LogP contribution is -2.34. The highest BCUT2D eigenvalue weighted by atomic mass is 35.7. The Kier molecular flexibility index (Phi) is 4.10. The number of benzene rings is 1. The van der Waals surface area contributed by atoms with Crippen LogP contribution in [0.4, 0.5) is 11.5 Å². The third-order valence-corrected chi connectivity index (χ3v) is 5.24. The van der Waals surface area contributed by atoms with E-state index in [-0.39, 0.29) is 24.7 Å². The second-order valence-corrected chi connectivity index (χ2v) is 8.12. The Hall–Kier alpha value is -1.97. The third-order valence-electron chi connectivity index (χ3n) is 3.67. The third kappa shape index (κ3) is 2.90. The lowest BCUT2D eigenvalue weighted by molar-refractivity contribution is 0.603. The van der Waals surface area contributed by atoms with Crippen molar-refractivity contribution in [2.45, 2.75) is 6.54 Å². The molecule has 0 saturated carbocycles. The number of hydrogen-bond acceptors (Lipinski definition) is 5. The largest absolute Gasteiger partial charge is 0.341 e. The fourth-order valence-electron chi connectivity index (χ4n) is 2.57. The summed E-state index contributed by atoms with van der Waals surface area (Å²) in [4.78, 5) is 27.7. The van der Waals surface area contributed by atoms with Crippen LogP contribution in [-0.2, 0) is 22.8 Å². The Balaban J connectivity index is 2.13. The maximum absolute atomic E-state index is 12.2. The molecule has 1 aliphatic rings. The number of H-pyrrole nitrogens is 1. The highest BCUT2D eigenvalue weighted by Gasteiger charge is 2.37. The van der Waals surface area contributed by atoms with Gasteiger partial charge in [-0.3, -0.25) is 14.3 Å². The van der Waals surface area contributed by atoms with Gasteiger partial charge < -0.3 is 4.90 Å². The van der Waals surface area contributed by atoms with E-state index in [1.54, 1.807) is 24.3 Å². The van der Waals surface area contributed by atoms with Crippen LogP contribution in [0, 0.1) is 0 Å². The minimum atomic E-state index is -4.17. The van der Waals surface area contributed by atoms with Crippen LogP contribution in [-0.4, -0.2) is 24.6 Å². The fourth-order valence-corrected chi connectivity index (χ4v) is 3.72. The van der Waals surface area contributed by atoms with Gasteiger partial charge in [-0.15, -0.1) is 0 Å². The molecule has 8 nitrogen and oxygen atoms in total. The Morgan fingerprint density at radius 1 is 1.21 bits per heavy atom. The molecule has 0 atom stereocenters. The molecule has 1 N–H and O–H groups in total. The lowest BCUT2D eigenvalue weighted by atomic mass is 10.2. The average Bonchev–Trinajstić information content (AvgIpc) is 2.87. The summed E-state index contributed by atoms with van der Waals surface area (Å²) in [7, 11) is 2.64. The van der Waals surface area contributed by atoms with Gasteiger partial charge in [0, 0.05) is 29.3 Å². The minimum absolute atomic E-state index is 0.0623. The molecule has 0 amide bonds. The van der Waals surface area contributed by atoms with Crippen molar-refractivity contribution in [3.63, 3.8) is 0 Å². The summed E-state index contributed by atoms with van der Waals surface area (Å²) in [6.45, 7) is 0.0680. The number of nitrogens with zero attached hydrogens (tertiary/aromatic N) is 3.